The summed E-state index contributed by atoms with van der Waals surface area (Å²) in [5.41, 5.74) is 7.02. The summed E-state index contributed by atoms with van der Waals surface area (Å²) in [6.07, 6.45) is 12.1. The van der Waals surface area contributed by atoms with Gasteiger partial charge in [-0.05, 0) is 86.1 Å². The average Bonchev–Trinajstić information content (AvgIpc) is 3.07. The lowest BCUT2D eigenvalue weighted by Gasteiger charge is -2.22. The molecule has 2 fully saturated rings. The van der Waals surface area contributed by atoms with Gasteiger partial charge in [0.05, 0.1) is 27.4 Å². The smallest absolute Gasteiger partial charge is 0.258 e. The van der Waals surface area contributed by atoms with E-state index in [2.05, 4.69) is 16.0 Å². The van der Waals surface area contributed by atoms with Crippen molar-refractivity contribution in [1.82, 2.24) is 10.6 Å². The molecule has 5 rings (SSSR count). The molecule has 3 aromatic carbocycles. The molecule has 0 unspecified atom stereocenters. The molecular weight excluding hydrogens is 650 g/mol. The van der Waals surface area contributed by atoms with E-state index in [0.29, 0.717) is 39.7 Å². The minimum Gasteiger partial charge on any atom is -0.398 e. The van der Waals surface area contributed by atoms with Gasteiger partial charge in [0.1, 0.15) is 0 Å². The van der Waals surface area contributed by atoms with Gasteiger partial charge in [-0.3, -0.25) is 14.4 Å². The number of carbonyl (C=O) groups excluding carboxylic acids is 3. The number of nitrogen functional groups attached to an aromatic ring is 1. The molecular formula is C35H40Cl3FN4O3. The molecule has 2 saturated carbocycles. The minimum absolute atomic E-state index is 0.124. The van der Waals surface area contributed by atoms with Gasteiger partial charge in [0.2, 0.25) is 0 Å². The van der Waals surface area contributed by atoms with Crippen molar-refractivity contribution in [2.45, 2.75) is 64.2 Å². The molecule has 3 aromatic rings. The maximum Gasteiger partial charge on any atom is 0.258 e. The Morgan fingerprint density at radius 1 is 0.674 bits per heavy atom. The first-order valence-electron chi connectivity index (χ1n) is 15.8. The number of halogens is 4. The first-order chi connectivity index (χ1) is 22.1. The molecule has 3 amide bonds. The van der Waals surface area contributed by atoms with Crippen molar-refractivity contribution in [3.8, 4) is 0 Å². The molecule has 46 heavy (non-hydrogen) atoms. The van der Waals surface area contributed by atoms with Crippen LogP contribution >= 0.6 is 34.8 Å². The lowest BCUT2D eigenvalue weighted by molar-refractivity contribution is 0.0936. The van der Waals surface area contributed by atoms with Crippen LogP contribution in [0.1, 0.15) is 95.3 Å². The Morgan fingerprint density at radius 3 is 1.78 bits per heavy atom. The Kier molecular flexibility index (Phi) is 13.6. The fraction of sp³-hybridized carbons (Fsp3) is 0.400. The van der Waals surface area contributed by atoms with E-state index in [0.717, 1.165) is 19.4 Å². The van der Waals surface area contributed by atoms with Crippen molar-refractivity contribution in [1.29, 1.82) is 0 Å². The van der Waals surface area contributed by atoms with Crippen LogP contribution in [-0.4, -0.2) is 30.8 Å². The zero-order valence-corrected chi connectivity index (χ0v) is 27.9. The third-order valence-electron chi connectivity index (χ3n) is 8.48. The van der Waals surface area contributed by atoms with Crippen LogP contribution in [0.4, 0.5) is 15.8 Å². The number of hydrogen-bond donors (Lipinski definition) is 4. The van der Waals surface area contributed by atoms with Gasteiger partial charge in [-0.25, -0.2) is 4.39 Å². The van der Waals surface area contributed by atoms with Gasteiger partial charge in [-0.2, -0.15) is 0 Å². The number of carbonyl (C=O) groups is 3. The normalized spacial score (nSPS) is 15.3. The monoisotopic (exact) mass is 688 g/mol. The van der Waals surface area contributed by atoms with Gasteiger partial charge in [-0.1, -0.05) is 79.4 Å². The minimum atomic E-state index is -0.807. The molecule has 0 aromatic heterocycles. The molecule has 0 aliphatic heterocycles. The molecule has 0 radical (unpaired) electrons. The second kappa shape index (κ2) is 17.5. The van der Waals surface area contributed by atoms with Crippen LogP contribution in [0.3, 0.4) is 0 Å². The highest BCUT2D eigenvalue weighted by atomic mass is 35.5. The van der Waals surface area contributed by atoms with Crippen molar-refractivity contribution in [2.75, 3.05) is 24.1 Å². The van der Waals surface area contributed by atoms with Crippen LogP contribution in [0.15, 0.2) is 54.6 Å². The second-order valence-electron chi connectivity index (χ2n) is 11.9. The summed E-state index contributed by atoms with van der Waals surface area (Å²) in [6, 6.07) is 13.7. The van der Waals surface area contributed by atoms with E-state index >= 15 is 0 Å². The van der Waals surface area contributed by atoms with E-state index in [1.165, 1.54) is 81.7 Å². The number of anilines is 2. The molecule has 0 saturated heterocycles. The predicted molar refractivity (Wildman–Crippen MR) is 184 cm³/mol. The molecule has 5 N–H and O–H groups in total. The van der Waals surface area contributed by atoms with E-state index in [1.54, 1.807) is 24.3 Å². The van der Waals surface area contributed by atoms with E-state index in [-0.39, 0.29) is 33.7 Å². The van der Waals surface area contributed by atoms with Crippen LogP contribution < -0.4 is 21.7 Å². The molecule has 246 valence electrons. The van der Waals surface area contributed by atoms with Gasteiger partial charge in [0.15, 0.2) is 5.82 Å². The predicted octanol–water partition coefficient (Wildman–Crippen LogP) is 8.93. The second-order valence-corrected chi connectivity index (χ2v) is 13.2. The molecule has 0 atom stereocenters. The lowest BCUT2D eigenvalue weighted by atomic mass is 9.89. The average molecular weight is 690 g/mol. The zero-order valence-electron chi connectivity index (χ0n) is 25.7. The molecule has 7 nitrogen and oxygen atoms in total. The van der Waals surface area contributed by atoms with Crippen LogP contribution in [0.5, 0.6) is 0 Å². The van der Waals surface area contributed by atoms with Crippen molar-refractivity contribution in [3.63, 3.8) is 0 Å². The lowest BCUT2D eigenvalue weighted by Crippen LogP contribution is -2.31. The standard InChI is InChI=1S/C21H21Cl2FN2O2.C14H19ClN2O/c22-14-9-10-18(26-21(28)15-7-4-8-17(23)19(15)24)16(11-14)20(27)25-12-13-5-2-1-3-6-13;15-11-6-7-13(16)12(8-11)14(18)17-9-10-4-2-1-3-5-10/h4,7-11,13H,1-3,5-6,12H2,(H,25,27)(H,26,28);6-8,10H,1-5,9,16H2,(H,17,18). The molecule has 11 heteroatoms. The fourth-order valence-corrected chi connectivity index (χ4v) is 6.37. The topological polar surface area (TPSA) is 113 Å². The number of amides is 3. The summed E-state index contributed by atoms with van der Waals surface area (Å²) < 4.78 is 14.1. The highest BCUT2D eigenvalue weighted by Crippen LogP contribution is 2.26. The maximum absolute atomic E-state index is 14.1. The van der Waals surface area contributed by atoms with Gasteiger partial charge in [0, 0.05) is 28.8 Å². The molecule has 0 bridgehead atoms. The van der Waals surface area contributed by atoms with Gasteiger partial charge in [-0.15, -0.1) is 0 Å². The van der Waals surface area contributed by atoms with E-state index in [4.69, 9.17) is 40.5 Å². The summed E-state index contributed by atoms with van der Waals surface area (Å²) in [7, 11) is 0. The third-order valence-corrected chi connectivity index (χ3v) is 9.24. The van der Waals surface area contributed by atoms with Crippen molar-refractivity contribution in [2.24, 2.45) is 11.8 Å². The molecule has 0 spiro atoms. The highest BCUT2D eigenvalue weighted by molar-refractivity contribution is 6.32. The van der Waals surface area contributed by atoms with Crippen molar-refractivity contribution >= 4 is 63.9 Å². The Balaban J connectivity index is 0.000000230. The molecule has 0 heterocycles. The number of nitrogens with two attached hydrogens (primary N) is 1. The van der Waals surface area contributed by atoms with Crippen LogP contribution in [-0.2, 0) is 0 Å². The van der Waals surface area contributed by atoms with Gasteiger partial charge < -0.3 is 21.7 Å². The van der Waals surface area contributed by atoms with Gasteiger partial charge in [0.25, 0.3) is 17.7 Å². The van der Waals surface area contributed by atoms with Crippen LogP contribution in [0, 0.1) is 17.7 Å². The van der Waals surface area contributed by atoms with Crippen LogP contribution in [0.2, 0.25) is 15.1 Å². The maximum atomic E-state index is 14.1. The van der Waals surface area contributed by atoms with E-state index in [1.807, 2.05) is 0 Å². The zero-order chi connectivity index (χ0) is 33.1. The number of hydrogen-bond acceptors (Lipinski definition) is 4. The van der Waals surface area contributed by atoms with E-state index < -0.39 is 11.7 Å². The summed E-state index contributed by atoms with van der Waals surface area (Å²) in [4.78, 5) is 37.2. The largest absolute Gasteiger partial charge is 0.398 e. The fourth-order valence-electron chi connectivity index (χ4n) is 5.85. The summed E-state index contributed by atoms with van der Waals surface area (Å²) >= 11 is 17.7. The Bertz CT molecular complexity index is 1520. The van der Waals surface area contributed by atoms with Crippen LogP contribution in [0.25, 0.3) is 0 Å². The first kappa shape index (κ1) is 35.5. The van der Waals surface area contributed by atoms with Crippen molar-refractivity contribution < 1.29 is 18.8 Å². The highest BCUT2D eigenvalue weighted by Gasteiger charge is 2.20. The Morgan fingerprint density at radius 2 is 1.20 bits per heavy atom. The quantitative estimate of drug-likeness (QED) is 0.177. The Labute approximate surface area is 284 Å². The summed E-state index contributed by atoms with van der Waals surface area (Å²) in [5, 5.41) is 9.23. The first-order valence-corrected chi connectivity index (χ1v) is 16.9. The van der Waals surface area contributed by atoms with E-state index in [9.17, 15) is 18.8 Å². The summed E-state index contributed by atoms with van der Waals surface area (Å²) in [5.74, 6) is -0.864. The number of benzene rings is 3. The SMILES string of the molecule is Nc1ccc(Cl)cc1C(=O)NCC1CCCCC1.O=C(NCC1CCCCC1)c1cc(Cl)ccc1NC(=O)c1cccc(Cl)c1F. The number of nitrogens with one attached hydrogen (secondary N) is 3. The van der Waals surface area contributed by atoms with Gasteiger partial charge >= 0.3 is 0 Å². The third kappa shape index (κ3) is 10.3. The number of rotatable bonds is 8. The molecule has 2 aliphatic rings. The Hall–Kier alpha value is -3.33. The summed E-state index contributed by atoms with van der Waals surface area (Å²) in [6.45, 7) is 1.33. The molecule has 2 aliphatic carbocycles. The van der Waals surface area contributed by atoms with Crippen molar-refractivity contribution in [3.05, 3.63) is 92.2 Å².